The summed E-state index contributed by atoms with van der Waals surface area (Å²) < 4.78 is 29.7. The fraction of sp³-hybridized carbons (Fsp3) is 0.368. The highest BCUT2D eigenvalue weighted by Gasteiger charge is 2.10. The average molecular weight is 362 g/mol. The monoisotopic (exact) mass is 362 g/mol. The summed E-state index contributed by atoms with van der Waals surface area (Å²) in [5.41, 5.74) is 2.57. The number of ether oxygens (including phenoxy) is 1. The molecular formula is C19H24F2N4O. The van der Waals surface area contributed by atoms with Crippen LogP contribution in [0, 0.1) is 6.92 Å². The molecule has 1 aromatic heterocycles. The first kappa shape index (κ1) is 19.6. The van der Waals surface area contributed by atoms with E-state index < -0.39 is 6.61 Å². The van der Waals surface area contributed by atoms with Crippen LogP contribution in [0.1, 0.15) is 23.7 Å². The Morgan fingerprint density at radius 2 is 2.08 bits per heavy atom. The zero-order valence-electron chi connectivity index (χ0n) is 15.0. The van der Waals surface area contributed by atoms with E-state index in [2.05, 4.69) is 25.3 Å². The summed E-state index contributed by atoms with van der Waals surface area (Å²) in [4.78, 5) is 8.75. The van der Waals surface area contributed by atoms with Gasteiger partial charge in [0.2, 0.25) is 0 Å². The van der Waals surface area contributed by atoms with E-state index in [1.54, 1.807) is 24.4 Å². The number of hydrogen-bond acceptors (Lipinski definition) is 3. The van der Waals surface area contributed by atoms with Crippen LogP contribution in [0.4, 0.5) is 8.78 Å². The van der Waals surface area contributed by atoms with E-state index in [4.69, 9.17) is 0 Å². The SMILES string of the molecule is CCNC(=NCc1cc(C)ccc1OC(F)F)NCCc1ccccn1. The van der Waals surface area contributed by atoms with Crippen LogP contribution in [-0.4, -0.2) is 30.6 Å². The summed E-state index contributed by atoms with van der Waals surface area (Å²) in [6.45, 7) is 2.61. The van der Waals surface area contributed by atoms with Gasteiger partial charge in [0.05, 0.1) is 6.54 Å². The van der Waals surface area contributed by atoms with Gasteiger partial charge in [0.1, 0.15) is 5.75 Å². The molecule has 0 atom stereocenters. The lowest BCUT2D eigenvalue weighted by molar-refractivity contribution is -0.0504. The zero-order chi connectivity index (χ0) is 18.8. The molecule has 2 aromatic rings. The first-order chi connectivity index (χ1) is 12.6. The first-order valence-corrected chi connectivity index (χ1v) is 8.55. The van der Waals surface area contributed by atoms with Gasteiger partial charge in [-0.25, -0.2) is 4.99 Å². The smallest absolute Gasteiger partial charge is 0.387 e. The second kappa shape index (κ2) is 10.3. The van der Waals surface area contributed by atoms with Gasteiger partial charge in [-0.3, -0.25) is 4.98 Å². The molecule has 1 heterocycles. The molecule has 0 bridgehead atoms. The normalized spacial score (nSPS) is 11.5. The maximum Gasteiger partial charge on any atom is 0.387 e. The van der Waals surface area contributed by atoms with E-state index in [-0.39, 0.29) is 12.3 Å². The van der Waals surface area contributed by atoms with Crippen molar-refractivity contribution in [3.05, 3.63) is 59.4 Å². The van der Waals surface area contributed by atoms with Crippen molar-refractivity contribution in [1.29, 1.82) is 0 Å². The summed E-state index contributed by atoms with van der Waals surface area (Å²) >= 11 is 0. The van der Waals surface area contributed by atoms with Crippen LogP contribution in [0.3, 0.4) is 0 Å². The van der Waals surface area contributed by atoms with Gasteiger partial charge in [-0.1, -0.05) is 23.8 Å². The highest BCUT2D eigenvalue weighted by atomic mass is 19.3. The van der Waals surface area contributed by atoms with Crippen molar-refractivity contribution in [1.82, 2.24) is 15.6 Å². The largest absolute Gasteiger partial charge is 0.434 e. The Balaban J connectivity index is 2.00. The number of benzene rings is 1. The minimum Gasteiger partial charge on any atom is -0.434 e. The molecule has 0 fully saturated rings. The van der Waals surface area contributed by atoms with Crippen LogP contribution in [-0.2, 0) is 13.0 Å². The molecule has 1 aromatic carbocycles. The molecule has 0 spiro atoms. The fourth-order valence-corrected chi connectivity index (χ4v) is 2.40. The predicted octanol–water partition coefficient (Wildman–Crippen LogP) is 3.29. The summed E-state index contributed by atoms with van der Waals surface area (Å²) in [6.07, 6.45) is 2.52. The van der Waals surface area contributed by atoms with Crippen LogP contribution in [0.25, 0.3) is 0 Å². The van der Waals surface area contributed by atoms with Crippen molar-refractivity contribution in [2.45, 2.75) is 33.4 Å². The van der Waals surface area contributed by atoms with E-state index in [1.807, 2.05) is 32.0 Å². The number of guanidine groups is 1. The minimum absolute atomic E-state index is 0.152. The number of aliphatic imine (C=N–C) groups is 1. The van der Waals surface area contributed by atoms with E-state index in [0.717, 1.165) is 17.7 Å². The van der Waals surface area contributed by atoms with Gasteiger partial charge >= 0.3 is 6.61 Å². The van der Waals surface area contributed by atoms with Gasteiger partial charge < -0.3 is 15.4 Å². The second-order valence-corrected chi connectivity index (χ2v) is 5.68. The maximum atomic E-state index is 12.6. The van der Waals surface area contributed by atoms with Gasteiger partial charge in [-0.15, -0.1) is 0 Å². The topological polar surface area (TPSA) is 58.5 Å². The van der Waals surface area contributed by atoms with Crippen LogP contribution < -0.4 is 15.4 Å². The average Bonchev–Trinajstić information content (AvgIpc) is 2.62. The van der Waals surface area contributed by atoms with Gasteiger partial charge in [-0.2, -0.15) is 8.78 Å². The molecule has 0 amide bonds. The summed E-state index contributed by atoms with van der Waals surface area (Å²) in [7, 11) is 0. The first-order valence-electron chi connectivity index (χ1n) is 8.55. The Kier molecular flexibility index (Phi) is 7.79. The van der Waals surface area contributed by atoms with E-state index in [1.165, 1.54) is 0 Å². The van der Waals surface area contributed by atoms with Gasteiger partial charge in [0.15, 0.2) is 5.96 Å². The number of pyridine rings is 1. The molecule has 0 saturated heterocycles. The van der Waals surface area contributed by atoms with E-state index in [0.29, 0.717) is 24.6 Å². The highest BCUT2D eigenvalue weighted by Crippen LogP contribution is 2.22. The molecular weight excluding hydrogens is 338 g/mol. The highest BCUT2D eigenvalue weighted by molar-refractivity contribution is 5.79. The lowest BCUT2D eigenvalue weighted by atomic mass is 10.1. The third kappa shape index (κ3) is 6.66. The van der Waals surface area contributed by atoms with E-state index in [9.17, 15) is 8.78 Å². The molecule has 0 aliphatic heterocycles. The standard InChI is InChI=1S/C19H24F2N4O/c1-3-22-19(24-11-9-16-6-4-5-10-23-16)25-13-15-12-14(2)7-8-17(15)26-18(20)21/h4-8,10,12,18H,3,9,11,13H2,1-2H3,(H2,22,24,25). The third-order valence-corrected chi connectivity index (χ3v) is 3.58. The summed E-state index contributed by atoms with van der Waals surface area (Å²) in [6, 6.07) is 10.9. The number of rotatable bonds is 8. The van der Waals surface area contributed by atoms with E-state index >= 15 is 0 Å². The fourth-order valence-electron chi connectivity index (χ4n) is 2.40. The van der Waals surface area contributed by atoms with Crippen LogP contribution in [0.15, 0.2) is 47.6 Å². The Hall–Kier alpha value is -2.70. The Labute approximate surface area is 152 Å². The number of halogens is 2. The van der Waals surface area contributed by atoms with Crippen molar-refractivity contribution in [2.24, 2.45) is 4.99 Å². The number of aromatic nitrogens is 1. The van der Waals surface area contributed by atoms with Gasteiger partial charge in [0, 0.05) is 37.0 Å². The number of hydrogen-bond donors (Lipinski definition) is 2. The van der Waals surface area contributed by atoms with Crippen LogP contribution in [0.2, 0.25) is 0 Å². The quantitative estimate of drug-likeness (QED) is 0.559. The second-order valence-electron chi connectivity index (χ2n) is 5.68. The van der Waals surface area contributed by atoms with Crippen molar-refractivity contribution < 1.29 is 13.5 Å². The van der Waals surface area contributed by atoms with Crippen molar-refractivity contribution in [3.63, 3.8) is 0 Å². The molecule has 7 heteroatoms. The Morgan fingerprint density at radius 3 is 2.77 bits per heavy atom. The molecule has 2 rings (SSSR count). The molecule has 26 heavy (non-hydrogen) atoms. The molecule has 0 aliphatic rings. The minimum atomic E-state index is -2.86. The Morgan fingerprint density at radius 1 is 1.23 bits per heavy atom. The van der Waals surface area contributed by atoms with Crippen molar-refractivity contribution in [2.75, 3.05) is 13.1 Å². The molecule has 2 N–H and O–H groups in total. The molecule has 5 nitrogen and oxygen atoms in total. The Bertz CT molecular complexity index is 708. The molecule has 0 saturated carbocycles. The maximum absolute atomic E-state index is 12.6. The third-order valence-electron chi connectivity index (χ3n) is 3.58. The van der Waals surface area contributed by atoms with Gasteiger partial charge in [0.25, 0.3) is 0 Å². The molecule has 140 valence electrons. The summed E-state index contributed by atoms with van der Waals surface area (Å²) in [5.74, 6) is 0.770. The molecule has 0 radical (unpaired) electrons. The number of nitrogens with one attached hydrogen (secondary N) is 2. The van der Waals surface area contributed by atoms with Crippen LogP contribution in [0.5, 0.6) is 5.75 Å². The number of alkyl halides is 2. The van der Waals surface area contributed by atoms with Crippen molar-refractivity contribution in [3.8, 4) is 5.75 Å². The molecule has 0 aliphatic carbocycles. The number of aryl methyl sites for hydroxylation is 1. The predicted molar refractivity (Wildman–Crippen MR) is 98.6 cm³/mol. The zero-order valence-corrected chi connectivity index (χ0v) is 15.0. The number of nitrogens with zero attached hydrogens (tertiary/aromatic N) is 2. The van der Waals surface area contributed by atoms with Crippen molar-refractivity contribution >= 4 is 5.96 Å². The lowest BCUT2D eigenvalue weighted by Crippen LogP contribution is -2.38. The lowest BCUT2D eigenvalue weighted by Gasteiger charge is -2.13. The van der Waals surface area contributed by atoms with Crippen LogP contribution >= 0.6 is 0 Å². The summed E-state index contributed by atoms with van der Waals surface area (Å²) in [5, 5.41) is 6.37. The van der Waals surface area contributed by atoms with Gasteiger partial charge in [-0.05, 0) is 32.0 Å². The molecule has 0 unspecified atom stereocenters.